The fourth-order valence-corrected chi connectivity index (χ4v) is 4.28. The van der Waals surface area contributed by atoms with Gasteiger partial charge < -0.3 is 16.0 Å². The first-order valence-corrected chi connectivity index (χ1v) is 11.4. The lowest BCUT2D eigenvalue weighted by molar-refractivity contribution is -0.142. The third-order valence-electron chi connectivity index (χ3n) is 6.43. The molecule has 10 nitrogen and oxygen atoms in total. The van der Waals surface area contributed by atoms with E-state index in [2.05, 4.69) is 42.6 Å². The lowest BCUT2D eigenvalue weighted by atomic mass is 9.83. The van der Waals surface area contributed by atoms with Crippen LogP contribution in [0.3, 0.4) is 0 Å². The molecule has 2 unspecified atom stereocenters. The molecule has 0 radical (unpaired) electrons. The van der Waals surface area contributed by atoms with Crippen molar-refractivity contribution in [1.29, 1.82) is 0 Å². The van der Waals surface area contributed by atoms with Crippen molar-refractivity contribution in [1.82, 2.24) is 35.9 Å². The third-order valence-corrected chi connectivity index (χ3v) is 6.43. The SMILES string of the molecule is CC1(C(=O)NC(CNc2ccc3nnnn3n2)c2ccc3ccccc3c2)CCCCNC1=O. The maximum absolute atomic E-state index is 13.4. The van der Waals surface area contributed by atoms with Crippen LogP contribution in [-0.2, 0) is 9.59 Å². The third kappa shape index (κ3) is 4.26. The van der Waals surface area contributed by atoms with Crippen LogP contribution in [0, 0.1) is 5.41 Å². The maximum Gasteiger partial charge on any atom is 0.235 e. The monoisotopic (exact) mass is 458 g/mol. The van der Waals surface area contributed by atoms with Crippen molar-refractivity contribution < 1.29 is 9.59 Å². The summed E-state index contributed by atoms with van der Waals surface area (Å²) in [5, 5.41) is 27.1. The number of carbonyl (C=O) groups is 2. The fraction of sp³-hybridized carbons (Fsp3) is 0.333. The van der Waals surface area contributed by atoms with E-state index in [9.17, 15) is 9.59 Å². The highest BCUT2D eigenvalue weighted by Crippen LogP contribution is 2.29. The summed E-state index contributed by atoms with van der Waals surface area (Å²) in [6.07, 6.45) is 2.20. The van der Waals surface area contributed by atoms with E-state index in [1.54, 1.807) is 19.1 Å². The van der Waals surface area contributed by atoms with E-state index < -0.39 is 11.5 Å². The summed E-state index contributed by atoms with van der Waals surface area (Å²) in [5.41, 5.74) is 0.354. The Labute approximate surface area is 196 Å². The van der Waals surface area contributed by atoms with Crippen LogP contribution in [0.25, 0.3) is 16.4 Å². The Bertz CT molecular complexity index is 1350. The number of hydrogen-bond donors (Lipinski definition) is 3. The number of nitrogens with one attached hydrogen (secondary N) is 3. The number of rotatable bonds is 6. The van der Waals surface area contributed by atoms with Crippen LogP contribution in [0.1, 0.15) is 37.8 Å². The molecule has 1 fully saturated rings. The summed E-state index contributed by atoms with van der Waals surface area (Å²) < 4.78 is 1.34. The van der Waals surface area contributed by atoms with Crippen LogP contribution in [-0.4, -0.2) is 50.2 Å². The summed E-state index contributed by atoms with van der Waals surface area (Å²) in [7, 11) is 0. The van der Waals surface area contributed by atoms with Crippen molar-refractivity contribution in [3.63, 3.8) is 0 Å². The Kier molecular flexibility index (Phi) is 5.79. The predicted octanol–water partition coefficient (Wildman–Crippen LogP) is 2.25. The van der Waals surface area contributed by atoms with Gasteiger partial charge in [-0.05, 0) is 64.7 Å². The van der Waals surface area contributed by atoms with Gasteiger partial charge in [0, 0.05) is 13.1 Å². The second-order valence-corrected chi connectivity index (χ2v) is 8.80. The van der Waals surface area contributed by atoms with E-state index >= 15 is 0 Å². The number of fused-ring (bicyclic) bond motifs is 2. The molecule has 2 amide bonds. The summed E-state index contributed by atoms with van der Waals surface area (Å²) in [4.78, 5) is 26.2. The zero-order chi connectivity index (χ0) is 23.5. The summed E-state index contributed by atoms with van der Waals surface area (Å²) in [6, 6.07) is 17.3. The molecule has 3 N–H and O–H groups in total. The molecule has 2 aromatic carbocycles. The molecule has 174 valence electrons. The van der Waals surface area contributed by atoms with Gasteiger partial charge in [-0.1, -0.05) is 42.8 Å². The van der Waals surface area contributed by atoms with Crippen molar-refractivity contribution in [2.45, 2.75) is 32.2 Å². The zero-order valence-corrected chi connectivity index (χ0v) is 18.9. The standard InChI is InChI=1S/C24H26N8O2/c1-24(12-4-5-13-25-22(24)33)23(34)27-19(18-9-8-16-6-2-3-7-17(16)14-18)15-26-20-10-11-21-28-30-31-32(21)29-20/h2-3,6-11,14,19H,4-5,12-13,15H2,1H3,(H,25,33)(H,26,29)(H,27,34). The molecule has 3 heterocycles. The van der Waals surface area contributed by atoms with Gasteiger partial charge in [0.1, 0.15) is 11.2 Å². The lowest BCUT2D eigenvalue weighted by Gasteiger charge is -2.29. The first kappa shape index (κ1) is 21.7. The van der Waals surface area contributed by atoms with Crippen molar-refractivity contribution in [2.24, 2.45) is 5.41 Å². The number of anilines is 1. The molecule has 1 aliphatic rings. The van der Waals surface area contributed by atoms with Gasteiger partial charge in [0.15, 0.2) is 5.65 Å². The Morgan fingerprint density at radius 1 is 1.15 bits per heavy atom. The highest BCUT2D eigenvalue weighted by Gasteiger charge is 2.42. The summed E-state index contributed by atoms with van der Waals surface area (Å²) >= 11 is 0. The van der Waals surface area contributed by atoms with Crippen molar-refractivity contribution in [2.75, 3.05) is 18.4 Å². The maximum atomic E-state index is 13.4. The molecule has 1 saturated heterocycles. The largest absolute Gasteiger partial charge is 0.366 e. The average molecular weight is 459 g/mol. The van der Waals surface area contributed by atoms with Gasteiger partial charge in [-0.2, -0.15) is 0 Å². The zero-order valence-electron chi connectivity index (χ0n) is 18.9. The van der Waals surface area contributed by atoms with Crippen LogP contribution < -0.4 is 16.0 Å². The highest BCUT2D eigenvalue weighted by atomic mass is 16.2. The van der Waals surface area contributed by atoms with Crippen LogP contribution >= 0.6 is 0 Å². The van der Waals surface area contributed by atoms with Gasteiger partial charge in [-0.25, -0.2) is 0 Å². The van der Waals surface area contributed by atoms with Crippen molar-refractivity contribution >= 4 is 34.1 Å². The number of nitrogens with zero attached hydrogens (tertiary/aromatic N) is 5. The molecular weight excluding hydrogens is 432 g/mol. The van der Waals surface area contributed by atoms with E-state index in [-0.39, 0.29) is 11.8 Å². The average Bonchev–Trinajstić information content (AvgIpc) is 3.26. The topological polar surface area (TPSA) is 126 Å². The van der Waals surface area contributed by atoms with Gasteiger partial charge in [0.05, 0.1) is 6.04 Å². The van der Waals surface area contributed by atoms with E-state index in [1.165, 1.54) is 4.63 Å². The Hall–Kier alpha value is -4.08. The molecule has 5 rings (SSSR count). The minimum atomic E-state index is -1.12. The number of aromatic nitrogens is 5. The normalized spacial score (nSPS) is 19.4. The van der Waals surface area contributed by atoms with Crippen LogP contribution in [0.5, 0.6) is 0 Å². The van der Waals surface area contributed by atoms with Gasteiger partial charge in [-0.15, -0.1) is 14.8 Å². The lowest BCUT2D eigenvalue weighted by Crippen LogP contribution is -2.50. The van der Waals surface area contributed by atoms with Crippen molar-refractivity contribution in [3.8, 4) is 0 Å². The minimum Gasteiger partial charge on any atom is -0.366 e. The van der Waals surface area contributed by atoms with Crippen LogP contribution in [0.2, 0.25) is 0 Å². The number of tetrazole rings is 1. The quantitative estimate of drug-likeness (QED) is 0.378. The van der Waals surface area contributed by atoms with Crippen LogP contribution in [0.15, 0.2) is 54.6 Å². The molecule has 34 heavy (non-hydrogen) atoms. The van der Waals surface area contributed by atoms with E-state index in [1.807, 2.05) is 36.4 Å². The molecule has 0 bridgehead atoms. The molecule has 0 spiro atoms. The molecule has 0 saturated carbocycles. The van der Waals surface area contributed by atoms with Gasteiger partial charge in [-0.3, -0.25) is 9.59 Å². The van der Waals surface area contributed by atoms with E-state index in [0.717, 1.165) is 29.2 Å². The van der Waals surface area contributed by atoms with Gasteiger partial charge in [0.2, 0.25) is 11.8 Å². The Balaban J connectivity index is 1.42. The number of hydrogen-bond acceptors (Lipinski definition) is 7. The fourth-order valence-electron chi connectivity index (χ4n) is 4.28. The number of benzene rings is 2. The van der Waals surface area contributed by atoms with E-state index in [4.69, 9.17) is 0 Å². The van der Waals surface area contributed by atoms with Gasteiger partial charge in [0.25, 0.3) is 0 Å². The van der Waals surface area contributed by atoms with Gasteiger partial charge >= 0.3 is 0 Å². The first-order chi connectivity index (χ1) is 16.5. The predicted molar refractivity (Wildman–Crippen MR) is 127 cm³/mol. The molecule has 0 aliphatic carbocycles. The number of amides is 2. The van der Waals surface area contributed by atoms with E-state index in [0.29, 0.717) is 31.0 Å². The van der Waals surface area contributed by atoms with Crippen LogP contribution in [0.4, 0.5) is 5.82 Å². The Morgan fingerprint density at radius 2 is 2.00 bits per heavy atom. The molecule has 10 heteroatoms. The molecule has 4 aromatic rings. The molecule has 2 atom stereocenters. The smallest absolute Gasteiger partial charge is 0.235 e. The summed E-state index contributed by atoms with van der Waals surface area (Å²) in [6.45, 7) is 2.69. The molecule has 1 aliphatic heterocycles. The second-order valence-electron chi connectivity index (χ2n) is 8.80. The summed E-state index contributed by atoms with van der Waals surface area (Å²) in [5.74, 6) is 0.0625. The molecular formula is C24H26N8O2. The number of carbonyl (C=O) groups excluding carboxylic acids is 2. The minimum absolute atomic E-state index is 0.224. The first-order valence-electron chi connectivity index (χ1n) is 11.4. The Morgan fingerprint density at radius 3 is 2.88 bits per heavy atom. The molecule has 2 aromatic heterocycles. The highest BCUT2D eigenvalue weighted by molar-refractivity contribution is 6.05. The van der Waals surface area contributed by atoms with Crippen molar-refractivity contribution in [3.05, 3.63) is 60.2 Å². The second kappa shape index (κ2) is 9.05.